The van der Waals surface area contributed by atoms with Crippen LogP contribution in [0.5, 0.6) is 0 Å². The molecule has 0 saturated heterocycles. The quantitative estimate of drug-likeness (QED) is 0.604. The summed E-state index contributed by atoms with van der Waals surface area (Å²) in [4.78, 5) is 23.4. The maximum absolute atomic E-state index is 11.7. The van der Waals surface area contributed by atoms with Crippen LogP contribution in [0.25, 0.3) is 0 Å². The van der Waals surface area contributed by atoms with Crippen molar-refractivity contribution < 1.29 is 27.9 Å². The number of nitrogens with zero attached hydrogens (tertiary/aromatic N) is 1. The van der Waals surface area contributed by atoms with E-state index in [1.165, 1.54) is 7.11 Å². The molecule has 0 rings (SSSR count). The zero-order valence-corrected chi connectivity index (χ0v) is 11.4. The second-order valence-electron chi connectivity index (χ2n) is 3.94. The van der Waals surface area contributed by atoms with Gasteiger partial charge < -0.3 is 14.7 Å². The minimum Gasteiger partial charge on any atom is -0.480 e. The Labute approximate surface area is 107 Å². The molecular weight excluding hydrogens is 262 g/mol. The molecule has 0 spiro atoms. The predicted octanol–water partition coefficient (Wildman–Crippen LogP) is -0.629. The Bertz CT molecular complexity index is 378. The van der Waals surface area contributed by atoms with Crippen LogP contribution in [-0.2, 0) is 24.2 Å². The number of carbonyl (C=O) groups excluding carboxylic acids is 1. The molecule has 0 unspecified atom stereocenters. The van der Waals surface area contributed by atoms with Crippen molar-refractivity contribution in [2.24, 2.45) is 0 Å². The van der Waals surface area contributed by atoms with Gasteiger partial charge in [0.1, 0.15) is 16.4 Å². The summed E-state index contributed by atoms with van der Waals surface area (Å²) in [6.07, 6.45) is 1.31. The number of carboxylic acids is 1. The summed E-state index contributed by atoms with van der Waals surface area (Å²) in [5.41, 5.74) is 0. The largest absolute Gasteiger partial charge is 0.480 e. The molecule has 1 amide bonds. The molecule has 1 N–H and O–H groups in total. The molecule has 106 valence electrons. The number of hydrogen-bond acceptors (Lipinski definition) is 5. The average Bonchev–Trinajstić information content (AvgIpc) is 2.21. The number of ether oxygens (including phenoxy) is 1. The molecule has 0 heterocycles. The van der Waals surface area contributed by atoms with Gasteiger partial charge in [-0.1, -0.05) is 0 Å². The Morgan fingerprint density at radius 3 is 2.39 bits per heavy atom. The summed E-state index contributed by atoms with van der Waals surface area (Å²) < 4.78 is 26.6. The molecule has 0 aliphatic heterocycles. The van der Waals surface area contributed by atoms with E-state index in [2.05, 4.69) is 0 Å². The van der Waals surface area contributed by atoms with Crippen LogP contribution < -0.4 is 0 Å². The average molecular weight is 281 g/mol. The maximum Gasteiger partial charge on any atom is 0.323 e. The zero-order chi connectivity index (χ0) is 14.2. The molecule has 0 aromatic rings. The van der Waals surface area contributed by atoms with E-state index >= 15 is 0 Å². The Kier molecular flexibility index (Phi) is 7.53. The summed E-state index contributed by atoms with van der Waals surface area (Å²) >= 11 is 0. The monoisotopic (exact) mass is 281 g/mol. The van der Waals surface area contributed by atoms with Gasteiger partial charge in [-0.05, 0) is 6.42 Å². The second kappa shape index (κ2) is 8.04. The summed E-state index contributed by atoms with van der Waals surface area (Å²) in [6, 6.07) is 0. The van der Waals surface area contributed by atoms with Gasteiger partial charge in [0.2, 0.25) is 5.91 Å². The maximum atomic E-state index is 11.7. The van der Waals surface area contributed by atoms with E-state index in [9.17, 15) is 18.0 Å². The smallest absolute Gasteiger partial charge is 0.323 e. The van der Waals surface area contributed by atoms with Crippen molar-refractivity contribution in [2.45, 2.75) is 12.8 Å². The number of aliphatic carboxylic acids is 1. The number of methoxy groups -OCH3 is 1. The lowest BCUT2D eigenvalue weighted by Crippen LogP contribution is -2.38. The minimum atomic E-state index is -3.10. The van der Waals surface area contributed by atoms with Crippen LogP contribution in [0.2, 0.25) is 0 Å². The highest BCUT2D eigenvalue weighted by Gasteiger charge is 2.16. The van der Waals surface area contributed by atoms with E-state index in [4.69, 9.17) is 9.84 Å². The van der Waals surface area contributed by atoms with Gasteiger partial charge in [-0.2, -0.15) is 0 Å². The molecule has 8 heteroatoms. The first-order valence-electron chi connectivity index (χ1n) is 5.42. The molecular formula is C10H19NO6S. The summed E-state index contributed by atoms with van der Waals surface area (Å²) in [5.74, 6) is -1.56. The van der Waals surface area contributed by atoms with Gasteiger partial charge in [0.05, 0.1) is 12.4 Å². The van der Waals surface area contributed by atoms with Crippen molar-refractivity contribution in [3.8, 4) is 0 Å². The molecule has 0 aliphatic carbocycles. The van der Waals surface area contributed by atoms with Crippen LogP contribution in [0.15, 0.2) is 0 Å². The molecule has 0 radical (unpaired) electrons. The molecule has 0 saturated carbocycles. The van der Waals surface area contributed by atoms with E-state index in [0.29, 0.717) is 0 Å². The molecule has 18 heavy (non-hydrogen) atoms. The third-order valence-electron chi connectivity index (χ3n) is 2.15. The van der Waals surface area contributed by atoms with Crippen molar-refractivity contribution in [1.82, 2.24) is 4.90 Å². The highest BCUT2D eigenvalue weighted by atomic mass is 32.2. The topological polar surface area (TPSA) is 101 Å². The zero-order valence-electron chi connectivity index (χ0n) is 10.6. The van der Waals surface area contributed by atoms with Gasteiger partial charge in [0, 0.05) is 26.3 Å². The minimum absolute atomic E-state index is 0.0179. The van der Waals surface area contributed by atoms with Crippen LogP contribution in [-0.4, -0.2) is 69.1 Å². The fraction of sp³-hybridized carbons (Fsp3) is 0.800. The lowest BCUT2D eigenvalue weighted by atomic mass is 10.3. The first-order chi connectivity index (χ1) is 8.26. The van der Waals surface area contributed by atoms with Gasteiger partial charge in [-0.15, -0.1) is 0 Å². The molecule has 0 aromatic heterocycles. The van der Waals surface area contributed by atoms with E-state index < -0.39 is 22.4 Å². The lowest BCUT2D eigenvalue weighted by Gasteiger charge is -2.20. The van der Waals surface area contributed by atoms with Crippen LogP contribution in [0.4, 0.5) is 0 Å². The molecule has 0 fully saturated rings. The fourth-order valence-corrected chi connectivity index (χ4v) is 1.97. The molecule has 0 aliphatic rings. The van der Waals surface area contributed by atoms with Crippen LogP contribution in [0, 0.1) is 0 Å². The predicted molar refractivity (Wildman–Crippen MR) is 65.0 cm³/mol. The Balaban J connectivity index is 4.23. The van der Waals surface area contributed by atoms with E-state index in [1.54, 1.807) is 0 Å². The highest BCUT2D eigenvalue weighted by Crippen LogP contribution is 2.00. The first kappa shape index (κ1) is 16.9. The summed E-state index contributed by atoms with van der Waals surface area (Å²) in [6.45, 7) is 0.0205. The number of sulfone groups is 1. The van der Waals surface area contributed by atoms with Crippen molar-refractivity contribution in [3.63, 3.8) is 0 Å². The summed E-state index contributed by atoms with van der Waals surface area (Å²) in [7, 11) is -1.65. The van der Waals surface area contributed by atoms with Gasteiger partial charge in [-0.25, -0.2) is 8.42 Å². The number of carboxylic acid groups (broad SMARTS) is 1. The number of carbonyl (C=O) groups is 2. The highest BCUT2D eigenvalue weighted by molar-refractivity contribution is 7.90. The normalized spacial score (nSPS) is 11.2. The van der Waals surface area contributed by atoms with Crippen LogP contribution in [0.1, 0.15) is 12.8 Å². The van der Waals surface area contributed by atoms with Gasteiger partial charge in [-0.3, -0.25) is 9.59 Å². The van der Waals surface area contributed by atoms with E-state index in [-0.39, 0.29) is 37.7 Å². The first-order valence-corrected chi connectivity index (χ1v) is 7.48. The van der Waals surface area contributed by atoms with Crippen LogP contribution in [0.3, 0.4) is 0 Å². The van der Waals surface area contributed by atoms with Crippen molar-refractivity contribution >= 4 is 21.7 Å². The molecule has 0 atom stereocenters. The fourth-order valence-electron chi connectivity index (χ4n) is 1.30. The number of rotatable bonds is 9. The Morgan fingerprint density at radius 1 is 1.33 bits per heavy atom. The molecule has 0 bridgehead atoms. The SMILES string of the molecule is COCCN(CC(=O)O)C(=O)CCCS(C)(=O)=O. The Morgan fingerprint density at radius 2 is 1.94 bits per heavy atom. The summed E-state index contributed by atoms with van der Waals surface area (Å²) in [5, 5.41) is 8.66. The third kappa shape index (κ3) is 8.94. The van der Waals surface area contributed by atoms with E-state index in [0.717, 1.165) is 11.2 Å². The van der Waals surface area contributed by atoms with Gasteiger partial charge in [0.25, 0.3) is 0 Å². The van der Waals surface area contributed by atoms with Gasteiger partial charge in [0.15, 0.2) is 0 Å². The molecule has 7 nitrogen and oxygen atoms in total. The van der Waals surface area contributed by atoms with Crippen molar-refractivity contribution in [3.05, 3.63) is 0 Å². The lowest BCUT2D eigenvalue weighted by molar-refractivity contribution is -0.144. The van der Waals surface area contributed by atoms with Crippen molar-refractivity contribution in [1.29, 1.82) is 0 Å². The second-order valence-corrected chi connectivity index (χ2v) is 6.20. The van der Waals surface area contributed by atoms with Crippen molar-refractivity contribution in [2.75, 3.05) is 38.8 Å². The Hall–Kier alpha value is -1.15. The van der Waals surface area contributed by atoms with Crippen LogP contribution >= 0.6 is 0 Å². The number of hydrogen-bond donors (Lipinski definition) is 1. The standard InChI is InChI=1S/C10H19NO6S/c1-17-6-5-11(8-10(13)14)9(12)4-3-7-18(2,15)16/h3-8H2,1-2H3,(H,13,14). The third-order valence-corrected chi connectivity index (χ3v) is 3.18. The van der Waals surface area contributed by atoms with E-state index in [1.807, 2.05) is 0 Å². The number of amides is 1. The van der Waals surface area contributed by atoms with Gasteiger partial charge >= 0.3 is 5.97 Å². The molecule has 0 aromatic carbocycles.